The van der Waals surface area contributed by atoms with E-state index in [0.717, 1.165) is 31.0 Å². The van der Waals surface area contributed by atoms with Crippen LogP contribution in [0.2, 0.25) is 5.02 Å². The van der Waals surface area contributed by atoms with Crippen LogP contribution in [0, 0.1) is 11.3 Å². The molecule has 0 radical (unpaired) electrons. The molecule has 1 aromatic carbocycles. The predicted molar refractivity (Wildman–Crippen MR) is 147 cm³/mol. The maximum Gasteiger partial charge on any atom is 0.229 e. The largest absolute Gasteiger partial charge is 0.499 e. The van der Waals surface area contributed by atoms with Crippen LogP contribution in [0.3, 0.4) is 0 Å². The Bertz CT molecular complexity index is 1350. The zero-order chi connectivity index (χ0) is 26.2. The van der Waals surface area contributed by atoms with Crippen molar-refractivity contribution in [1.29, 1.82) is 0 Å². The Balaban J connectivity index is 1.42. The minimum Gasteiger partial charge on any atom is -0.499 e. The quantitative estimate of drug-likeness (QED) is 0.424. The lowest BCUT2D eigenvalue weighted by Gasteiger charge is -2.45. The number of anilines is 3. The van der Waals surface area contributed by atoms with Crippen LogP contribution in [0.25, 0.3) is 0 Å². The number of sulfone groups is 1. The van der Waals surface area contributed by atoms with Crippen molar-refractivity contribution in [1.82, 2.24) is 15.3 Å². The van der Waals surface area contributed by atoms with Gasteiger partial charge in [-0.2, -0.15) is 4.98 Å². The number of ether oxygens (including phenoxy) is 1. The molecule has 0 bridgehead atoms. The minimum atomic E-state index is -3.51. The fourth-order valence-corrected chi connectivity index (χ4v) is 7.23. The molecule has 1 saturated carbocycles. The number of aromatic nitrogens is 2. The summed E-state index contributed by atoms with van der Waals surface area (Å²) in [5.74, 6) is 2.04. The van der Waals surface area contributed by atoms with Crippen LogP contribution >= 0.6 is 11.6 Å². The lowest BCUT2D eigenvalue weighted by Crippen LogP contribution is -2.47. The summed E-state index contributed by atoms with van der Waals surface area (Å²) in [7, 11) is -1.80. The standard InChI is InChI=1S/C27H34ClN5O3S/c1-17(2)37(34,35)24-9-5-4-8-21(24)31-25-20(28)15-30-26(33-25)32-22-12-18-14-29-16-27(10-6-7-11-27)19(18)13-23(22)36-3/h4-5,8-9,12,15,17,19,29H,6-7,10-11,13-14,16H2,1-3H3,(H2,30,31,32,33). The third-order valence-electron chi connectivity index (χ3n) is 7.92. The topological polar surface area (TPSA) is 105 Å². The van der Waals surface area contributed by atoms with Crippen molar-refractivity contribution in [2.24, 2.45) is 11.3 Å². The number of para-hydroxylation sites is 1. The number of hydrogen-bond donors (Lipinski definition) is 3. The number of methoxy groups -OCH3 is 1. The molecule has 1 aromatic heterocycles. The molecule has 2 aliphatic carbocycles. The summed E-state index contributed by atoms with van der Waals surface area (Å²) in [6.45, 7) is 5.25. The van der Waals surface area contributed by atoms with Crippen LogP contribution in [0.5, 0.6) is 0 Å². The van der Waals surface area contributed by atoms with Crippen LogP contribution in [0.15, 0.2) is 58.5 Å². The van der Waals surface area contributed by atoms with Crippen LogP contribution < -0.4 is 16.0 Å². The average Bonchev–Trinajstić information content (AvgIpc) is 3.35. The SMILES string of the molecule is COC1=C(Nc2ncc(Cl)c(Nc3ccccc3S(=O)(=O)C(C)C)n2)C=C2CNCC3(CCCC3)C2C1. The molecule has 3 aliphatic rings. The second-order valence-corrected chi connectivity index (χ2v) is 13.3. The second-order valence-electron chi connectivity index (χ2n) is 10.4. The highest BCUT2D eigenvalue weighted by Gasteiger charge is 2.46. The maximum absolute atomic E-state index is 12.9. The first kappa shape index (κ1) is 26.0. The molecule has 2 aromatic rings. The fraction of sp³-hybridized carbons (Fsp3) is 0.481. The number of nitrogens with one attached hydrogen (secondary N) is 3. The summed E-state index contributed by atoms with van der Waals surface area (Å²) in [5.41, 5.74) is 2.95. The molecule has 1 saturated heterocycles. The van der Waals surface area contributed by atoms with Gasteiger partial charge in [-0.25, -0.2) is 13.4 Å². The van der Waals surface area contributed by atoms with Gasteiger partial charge in [0, 0.05) is 19.5 Å². The number of benzene rings is 1. The molecular formula is C27H34ClN5O3S. The first-order valence-electron chi connectivity index (χ1n) is 12.8. The van der Waals surface area contributed by atoms with Crippen LogP contribution in [0.4, 0.5) is 17.5 Å². The van der Waals surface area contributed by atoms with E-state index >= 15 is 0 Å². The van der Waals surface area contributed by atoms with E-state index in [-0.39, 0.29) is 9.92 Å². The smallest absolute Gasteiger partial charge is 0.229 e. The molecule has 1 unspecified atom stereocenters. The molecular weight excluding hydrogens is 510 g/mol. The van der Waals surface area contributed by atoms with Gasteiger partial charge >= 0.3 is 0 Å². The predicted octanol–water partition coefficient (Wildman–Crippen LogP) is 5.44. The molecule has 37 heavy (non-hydrogen) atoms. The highest BCUT2D eigenvalue weighted by atomic mass is 35.5. The number of hydrogen-bond acceptors (Lipinski definition) is 8. The summed E-state index contributed by atoms with van der Waals surface area (Å²) in [6, 6.07) is 6.76. The first-order chi connectivity index (χ1) is 17.7. The van der Waals surface area contributed by atoms with E-state index in [4.69, 9.17) is 16.3 Å². The van der Waals surface area contributed by atoms with Gasteiger partial charge in [-0.15, -0.1) is 0 Å². The average molecular weight is 544 g/mol. The Hall–Kier alpha value is -2.62. The minimum absolute atomic E-state index is 0.201. The highest BCUT2D eigenvalue weighted by molar-refractivity contribution is 7.92. The van der Waals surface area contributed by atoms with Crippen molar-refractivity contribution in [3.63, 3.8) is 0 Å². The van der Waals surface area contributed by atoms with E-state index in [9.17, 15) is 8.42 Å². The summed E-state index contributed by atoms with van der Waals surface area (Å²) < 4.78 is 31.6. The Kier molecular flexibility index (Phi) is 7.22. The van der Waals surface area contributed by atoms with Crippen LogP contribution in [0.1, 0.15) is 46.0 Å². The van der Waals surface area contributed by atoms with Crippen molar-refractivity contribution in [3.8, 4) is 0 Å². The molecule has 5 rings (SSSR count). The molecule has 8 nitrogen and oxygen atoms in total. The number of halogens is 1. The van der Waals surface area contributed by atoms with Gasteiger partial charge < -0.3 is 20.7 Å². The number of allylic oxidation sites excluding steroid dienone is 2. The highest BCUT2D eigenvalue weighted by Crippen LogP contribution is 2.52. The third-order valence-corrected chi connectivity index (χ3v) is 10.4. The maximum atomic E-state index is 12.9. The molecule has 198 valence electrons. The summed E-state index contributed by atoms with van der Waals surface area (Å²) in [4.78, 5) is 9.15. The van der Waals surface area contributed by atoms with Gasteiger partial charge in [-0.1, -0.05) is 42.1 Å². The number of rotatable bonds is 7. The van der Waals surface area contributed by atoms with Crippen molar-refractivity contribution >= 4 is 38.9 Å². The molecule has 10 heteroatoms. The van der Waals surface area contributed by atoms with E-state index in [2.05, 4.69) is 32.0 Å². The Morgan fingerprint density at radius 2 is 1.95 bits per heavy atom. The number of fused-ring (bicyclic) bond motifs is 2. The van der Waals surface area contributed by atoms with Gasteiger partial charge in [0.25, 0.3) is 0 Å². The van der Waals surface area contributed by atoms with E-state index in [1.165, 1.54) is 37.5 Å². The van der Waals surface area contributed by atoms with Gasteiger partial charge in [0.05, 0.1) is 34.8 Å². The van der Waals surface area contributed by atoms with E-state index in [0.29, 0.717) is 28.8 Å². The number of piperidine rings is 1. The lowest BCUT2D eigenvalue weighted by molar-refractivity contribution is 0.137. The monoisotopic (exact) mass is 543 g/mol. The Morgan fingerprint density at radius 1 is 1.19 bits per heavy atom. The summed E-state index contributed by atoms with van der Waals surface area (Å²) in [5, 5.41) is 9.79. The van der Waals surface area contributed by atoms with Gasteiger partial charge in [0.15, 0.2) is 15.7 Å². The zero-order valence-corrected chi connectivity index (χ0v) is 23.0. The Labute approximate surface area is 223 Å². The van der Waals surface area contributed by atoms with Gasteiger partial charge in [0.1, 0.15) is 10.8 Å². The van der Waals surface area contributed by atoms with Crippen molar-refractivity contribution < 1.29 is 13.2 Å². The third kappa shape index (κ3) is 4.96. The second kappa shape index (κ2) is 10.3. The van der Waals surface area contributed by atoms with Crippen molar-refractivity contribution in [2.75, 3.05) is 30.8 Å². The first-order valence-corrected chi connectivity index (χ1v) is 14.7. The van der Waals surface area contributed by atoms with Gasteiger partial charge in [0.2, 0.25) is 5.95 Å². The summed E-state index contributed by atoms with van der Waals surface area (Å²) >= 11 is 6.41. The molecule has 0 amide bonds. The molecule has 2 fully saturated rings. The van der Waals surface area contributed by atoms with E-state index < -0.39 is 15.1 Å². The van der Waals surface area contributed by atoms with Crippen LogP contribution in [-0.2, 0) is 14.6 Å². The van der Waals surface area contributed by atoms with Crippen molar-refractivity contribution in [2.45, 2.75) is 56.1 Å². The van der Waals surface area contributed by atoms with Gasteiger partial charge in [-0.05, 0) is 56.2 Å². The van der Waals surface area contributed by atoms with Gasteiger partial charge in [-0.3, -0.25) is 0 Å². The molecule has 1 atom stereocenters. The van der Waals surface area contributed by atoms with E-state index in [1.54, 1.807) is 45.2 Å². The number of nitrogens with zero attached hydrogens (tertiary/aromatic N) is 2. The summed E-state index contributed by atoms with van der Waals surface area (Å²) in [6.07, 6.45) is 9.62. The molecule has 2 heterocycles. The zero-order valence-electron chi connectivity index (χ0n) is 21.5. The van der Waals surface area contributed by atoms with E-state index in [1.807, 2.05) is 0 Å². The molecule has 1 aliphatic heterocycles. The normalized spacial score (nSPS) is 21.1. The Morgan fingerprint density at radius 3 is 2.68 bits per heavy atom. The van der Waals surface area contributed by atoms with Crippen LogP contribution in [-0.4, -0.2) is 43.8 Å². The lowest BCUT2D eigenvalue weighted by atomic mass is 9.65. The fourth-order valence-electron chi connectivity index (χ4n) is 5.89. The molecule has 3 N–H and O–H groups in total. The molecule has 1 spiro atoms. The van der Waals surface area contributed by atoms with Crippen molar-refractivity contribution in [3.05, 3.63) is 58.6 Å².